The van der Waals surface area contributed by atoms with Gasteiger partial charge in [-0.3, -0.25) is 0 Å². The van der Waals surface area contributed by atoms with Gasteiger partial charge >= 0.3 is 0 Å². The normalized spacial score (nSPS) is 12.4. The molecule has 0 aliphatic carbocycles. The Balaban J connectivity index is 1.91. The van der Waals surface area contributed by atoms with Gasteiger partial charge in [0, 0.05) is 5.02 Å². The second-order valence-electron chi connectivity index (χ2n) is 4.18. The van der Waals surface area contributed by atoms with E-state index < -0.39 is 0 Å². The maximum Gasteiger partial charge on any atom is 0.264 e. The summed E-state index contributed by atoms with van der Waals surface area (Å²) in [7, 11) is 0. The highest BCUT2D eigenvalue weighted by Gasteiger charge is 2.13. The average Bonchev–Trinajstić information content (AvgIpc) is 2.87. The van der Waals surface area contributed by atoms with Crippen LogP contribution in [0.2, 0.25) is 5.02 Å². The summed E-state index contributed by atoms with van der Waals surface area (Å²) in [5.74, 6) is 1.63. The molecule has 102 valence electrons. The maximum absolute atomic E-state index is 5.90. The summed E-state index contributed by atoms with van der Waals surface area (Å²) in [5, 5.41) is 4.51. The molecule has 2 aromatic rings. The summed E-state index contributed by atoms with van der Waals surface area (Å²) in [4.78, 5) is 4.21. The number of aromatic nitrogens is 2. The highest BCUT2D eigenvalue weighted by Crippen LogP contribution is 2.17. The average molecular weight is 282 g/mol. The van der Waals surface area contributed by atoms with Crippen molar-refractivity contribution >= 4 is 11.6 Å². The molecule has 0 saturated heterocycles. The third kappa shape index (κ3) is 3.94. The Kier molecular flexibility index (Phi) is 4.76. The van der Waals surface area contributed by atoms with E-state index in [1.54, 1.807) is 24.3 Å². The van der Waals surface area contributed by atoms with Crippen molar-refractivity contribution in [2.75, 3.05) is 0 Å². The van der Waals surface area contributed by atoms with Crippen LogP contribution in [0.3, 0.4) is 0 Å². The highest BCUT2D eigenvalue weighted by atomic mass is 35.5. The van der Waals surface area contributed by atoms with Crippen LogP contribution in [0, 0.1) is 0 Å². The standard InChI is InChI=1S/C13H16ClN3O2/c1-2-3-11(15)13-16-12(19-17-13)8-18-10-6-4-9(14)5-7-10/h4-7,11H,2-3,8,15H2,1H3. The van der Waals surface area contributed by atoms with Gasteiger partial charge in [0.2, 0.25) is 0 Å². The van der Waals surface area contributed by atoms with E-state index in [4.69, 9.17) is 26.6 Å². The Morgan fingerprint density at radius 3 is 2.79 bits per heavy atom. The van der Waals surface area contributed by atoms with E-state index >= 15 is 0 Å². The summed E-state index contributed by atoms with van der Waals surface area (Å²) in [6.45, 7) is 2.28. The predicted octanol–water partition coefficient (Wildman–Crippen LogP) is 3.10. The van der Waals surface area contributed by atoms with E-state index in [1.807, 2.05) is 0 Å². The Morgan fingerprint density at radius 2 is 2.11 bits per heavy atom. The quantitative estimate of drug-likeness (QED) is 0.880. The van der Waals surface area contributed by atoms with Crippen molar-refractivity contribution in [3.63, 3.8) is 0 Å². The molecule has 0 spiro atoms. The first-order valence-corrected chi connectivity index (χ1v) is 6.53. The number of rotatable bonds is 6. The maximum atomic E-state index is 5.90. The first-order valence-electron chi connectivity index (χ1n) is 6.15. The molecule has 1 aromatic heterocycles. The fourth-order valence-corrected chi connectivity index (χ4v) is 1.72. The molecule has 2 rings (SSSR count). The second kappa shape index (κ2) is 6.54. The SMILES string of the molecule is CCCC(N)c1noc(COc2ccc(Cl)cc2)n1. The van der Waals surface area contributed by atoms with Crippen LogP contribution in [0.1, 0.15) is 37.5 Å². The molecule has 5 nitrogen and oxygen atoms in total. The van der Waals surface area contributed by atoms with Crippen LogP contribution in [0.5, 0.6) is 5.75 Å². The van der Waals surface area contributed by atoms with E-state index in [9.17, 15) is 0 Å². The van der Waals surface area contributed by atoms with Gasteiger partial charge in [0.15, 0.2) is 12.4 Å². The number of hydrogen-bond acceptors (Lipinski definition) is 5. The van der Waals surface area contributed by atoms with Crippen LogP contribution in [0.15, 0.2) is 28.8 Å². The molecule has 19 heavy (non-hydrogen) atoms. The van der Waals surface area contributed by atoms with Gasteiger partial charge in [-0.25, -0.2) is 0 Å². The first kappa shape index (κ1) is 13.8. The zero-order valence-electron chi connectivity index (χ0n) is 10.7. The lowest BCUT2D eigenvalue weighted by molar-refractivity contribution is 0.242. The second-order valence-corrected chi connectivity index (χ2v) is 4.62. The molecule has 2 N–H and O–H groups in total. The highest BCUT2D eigenvalue weighted by molar-refractivity contribution is 6.30. The minimum atomic E-state index is -0.182. The lowest BCUT2D eigenvalue weighted by atomic mass is 10.2. The molecule has 0 saturated carbocycles. The zero-order valence-corrected chi connectivity index (χ0v) is 11.4. The van der Waals surface area contributed by atoms with Crippen molar-refractivity contribution in [2.45, 2.75) is 32.4 Å². The number of benzene rings is 1. The molecule has 1 aromatic carbocycles. The molecule has 6 heteroatoms. The van der Waals surface area contributed by atoms with Crippen molar-refractivity contribution in [1.29, 1.82) is 0 Å². The molecule has 1 heterocycles. The Morgan fingerprint density at radius 1 is 1.37 bits per heavy atom. The van der Waals surface area contributed by atoms with E-state index in [2.05, 4.69) is 17.1 Å². The third-order valence-electron chi connectivity index (χ3n) is 2.59. The Hall–Kier alpha value is -1.59. The van der Waals surface area contributed by atoms with Crippen molar-refractivity contribution in [3.05, 3.63) is 41.0 Å². The summed E-state index contributed by atoms with van der Waals surface area (Å²) >= 11 is 5.79. The predicted molar refractivity (Wildman–Crippen MR) is 71.9 cm³/mol. The van der Waals surface area contributed by atoms with Crippen LogP contribution in [-0.4, -0.2) is 10.1 Å². The van der Waals surface area contributed by atoms with Gasteiger partial charge in [0.1, 0.15) is 5.75 Å². The largest absolute Gasteiger partial charge is 0.484 e. The molecule has 0 amide bonds. The lowest BCUT2D eigenvalue weighted by Crippen LogP contribution is -2.11. The van der Waals surface area contributed by atoms with Crippen molar-refractivity contribution in [2.24, 2.45) is 5.73 Å². The monoisotopic (exact) mass is 281 g/mol. The molecule has 0 fully saturated rings. The number of ether oxygens (including phenoxy) is 1. The fraction of sp³-hybridized carbons (Fsp3) is 0.385. The zero-order chi connectivity index (χ0) is 13.7. The van der Waals surface area contributed by atoms with Gasteiger partial charge in [0.05, 0.1) is 6.04 Å². The van der Waals surface area contributed by atoms with Crippen LogP contribution in [-0.2, 0) is 6.61 Å². The van der Waals surface area contributed by atoms with E-state index in [1.165, 1.54) is 0 Å². The molecular formula is C13H16ClN3O2. The van der Waals surface area contributed by atoms with Crippen LogP contribution < -0.4 is 10.5 Å². The Bertz CT molecular complexity index is 513. The fourth-order valence-electron chi connectivity index (χ4n) is 1.59. The van der Waals surface area contributed by atoms with Gasteiger partial charge in [-0.15, -0.1) is 0 Å². The van der Waals surface area contributed by atoms with E-state index in [0.717, 1.165) is 12.8 Å². The summed E-state index contributed by atoms with van der Waals surface area (Å²) in [6, 6.07) is 6.89. The molecule has 0 radical (unpaired) electrons. The molecule has 1 unspecified atom stereocenters. The van der Waals surface area contributed by atoms with Gasteiger partial charge < -0.3 is 15.0 Å². The molecule has 0 aliphatic rings. The van der Waals surface area contributed by atoms with Gasteiger partial charge in [-0.05, 0) is 30.7 Å². The van der Waals surface area contributed by atoms with Crippen molar-refractivity contribution in [3.8, 4) is 5.75 Å². The van der Waals surface area contributed by atoms with Gasteiger partial charge in [0.25, 0.3) is 5.89 Å². The summed E-state index contributed by atoms with van der Waals surface area (Å²) < 4.78 is 10.6. The minimum Gasteiger partial charge on any atom is -0.484 e. The smallest absolute Gasteiger partial charge is 0.264 e. The number of nitrogens with two attached hydrogens (primary N) is 1. The van der Waals surface area contributed by atoms with E-state index in [0.29, 0.717) is 22.5 Å². The van der Waals surface area contributed by atoms with Gasteiger partial charge in [-0.1, -0.05) is 30.1 Å². The molecule has 1 atom stereocenters. The molecule has 0 bridgehead atoms. The number of hydrogen-bond donors (Lipinski definition) is 1. The van der Waals surface area contributed by atoms with E-state index in [-0.39, 0.29) is 12.6 Å². The van der Waals surface area contributed by atoms with Crippen LogP contribution in [0.25, 0.3) is 0 Å². The lowest BCUT2D eigenvalue weighted by Gasteiger charge is -2.03. The third-order valence-corrected chi connectivity index (χ3v) is 2.84. The van der Waals surface area contributed by atoms with Crippen LogP contribution in [0.4, 0.5) is 0 Å². The van der Waals surface area contributed by atoms with Crippen molar-refractivity contribution in [1.82, 2.24) is 10.1 Å². The number of halogens is 1. The minimum absolute atomic E-state index is 0.182. The summed E-state index contributed by atoms with van der Waals surface area (Å²) in [5.41, 5.74) is 5.90. The topological polar surface area (TPSA) is 74.2 Å². The summed E-state index contributed by atoms with van der Waals surface area (Å²) in [6.07, 6.45) is 1.81. The van der Waals surface area contributed by atoms with Gasteiger partial charge in [-0.2, -0.15) is 4.98 Å². The number of nitrogens with zero attached hydrogens (tertiary/aromatic N) is 2. The molecule has 0 aliphatic heterocycles. The molecular weight excluding hydrogens is 266 g/mol. The first-order chi connectivity index (χ1) is 9.19. The van der Waals surface area contributed by atoms with Crippen LogP contribution >= 0.6 is 11.6 Å². The Labute approximate surface area is 116 Å². The van der Waals surface area contributed by atoms with Crippen molar-refractivity contribution < 1.29 is 9.26 Å².